The van der Waals surface area contributed by atoms with Crippen LogP contribution < -0.4 is 5.32 Å². The highest BCUT2D eigenvalue weighted by Gasteiger charge is 2.32. The largest absolute Gasteiger partial charge is 0.313 e. The topological polar surface area (TPSA) is 12.0 Å². The zero-order valence-electron chi connectivity index (χ0n) is 11.5. The lowest BCUT2D eigenvalue weighted by Crippen LogP contribution is -2.31. The predicted molar refractivity (Wildman–Crippen MR) is 76.6 cm³/mol. The first-order valence-electron chi connectivity index (χ1n) is 6.75. The van der Waals surface area contributed by atoms with E-state index in [9.17, 15) is 0 Å². The van der Waals surface area contributed by atoms with Crippen LogP contribution in [-0.4, -0.2) is 7.05 Å². The second kappa shape index (κ2) is 5.11. The number of rotatable bonds is 3. The summed E-state index contributed by atoms with van der Waals surface area (Å²) >= 11 is 1.87. The molecule has 96 valence electrons. The third kappa shape index (κ3) is 2.92. The average Bonchev–Trinajstić information content (AvgIpc) is 2.69. The van der Waals surface area contributed by atoms with E-state index < -0.39 is 0 Å². The molecule has 0 spiro atoms. The molecule has 1 nitrogen and oxygen atoms in total. The van der Waals surface area contributed by atoms with E-state index in [1.54, 1.807) is 0 Å². The van der Waals surface area contributed by atoms with Gasteiger partial charge in [0, 0.05) is 10.9 Å². The number of hydrogen-bond acceptors (Lipinski definition) is 2. The van der Waals surface area contributed by atoms with E-state index >= 15 is 0 Å². The van der Waals surface area contributed by atoms with Crippen LogP contribution in [0.15, 0.2) is 11.4 Å². The number of hydrogen-bond donors (Lipinski definition) is 1. The Hall–Kier alpha value is -0.340. The van der Waals surface area contributed by atoms with E-state index in [0.717, 1.165) is 5.92 Å². The van der Waals surface area contributed by atoms with Gasteiger partial charge in [0.15, 0.2) is 0 Å². The van der Waals surface area contributed by atoms with Crippen molar-refractivity contribution in [2.45, 2.75) is 52.5 Å². The molecule has 0 saturated heterocycles. The average molecular weight is 251 g/mol. The van der Waals surface area contributed by atoms with E-state index in [0.29, 0.717) is 11.5 Å². The van der Waals surface area contributed by atoms with Gasteiger partial charge in [0.2, 0.25) is 0 Å². The van der Waals surface area contributed by atoms with Crippen LogP contribution in [0.2, 0.25) is 0 Å². The van der Waals surface area contributed by atoms with Gasteiger partial charge < -0.3 is 5.32 Å². The lowest BCUT2D eigenvalue weighted by molar-refractivity contribution is 0.164. The number of aryl methyl sites for hydroxylation is 1. The summed E-state index contributed by atoms with van der Waals surface area (Å²) in [7, 11) is 2.11. The van der Waals surface area contributed by atoms with Crippen LogP contribution in [0.25, 0.3) is 0 Å². The van der Waals surface area contributed by atoms with Crippen LogP contribution in [0.5, 0.6) is 0 Å². The highest BCUT2D eigenvalue weighted by atomic mass is 32.1. The van der Waals surface area contributed by atoms with E-state index in [1.165, 1.54) is 36.1 Å². The summed E-state index contributed by atoms with van der Waals surface area (Å²) in [5.41, 5.74) is 2.10. The van der Waals surface area contributed by atoms with Gasteiger partial charge in [0.25, 0.3) is 0 Å². The smallest absolute Gasteiger partial charge is 0.0357 e. The van der Waals surface area contributed by atoms with Gasteiger partial charge in [-0.05, 0) is 68.0 Å². The molecule has 1 atom stereocenters. The lowest BCUT2D eigenvalue weighted by Gasteiger charge is -2.38. The summed E-state index contributed by atoms with van der Waals surface area (Å²) in [6.45, 7) is 7.07. The van der Waals surface area contributed by atoms with E-state index in [1.807, 2.05) is 11.3 Å². The van der Waals surface area contributed by atoms with Crippen LogP contribution in [-0.2, 0) is 0 Å². The third-order valence-electron chi connectivity index (χ3n) is 4.40. The fraction of sp³-hybridized carbons (Fsp3) is 0.733. The Labute approximate surface area is 110 Å². The van der Waals surface area contributed by atoms with Gasteiger partial charge in [-0.25, -0.2) is 0 Å². The molecule has 1 aromatic rings. The van der Waals surface area contributed by atoms with Gasteiger partial charge in [-0.3, -0.25) is 0 Å². The molecule has 2 heteroatoms. The van der Waals surface area contributed by atoms with E-state index in [2.05, 4.69) is 44.6 Å². The summed E-state index contributed by atoms with van der Waals surface area (Å²) in [4.78, 5) is 1.48. The highest BCUT2D eigenvalue weighted by Crippen LogP contribution is 2.43. The van der Waals surface area contributed by atoms with E-state index in [4.69, 9.17) is 0 Å². The van der Waals surface area contributed by atoms with Crippen molar-refractivity contribution in [2.24, 2.45) is 11.3 Å². The molecule has 0 radical (unpaired) electrons. The molecule has 17 heavy (non-hydrogen) atoms. The fourth-order valence-electron chi connectivity index (χ4n) is 3.12. The Morgan fingerprint density at radius 2 is 2.00 bits per heavy atom. The van der Waals surface area contributed by atoms with Crippen LogP contribution in [0.3, 0.4) is 0 Å². The molecule has 2 rings (SSSR count). The second-order valence-electron chi connectivity index (χ2n) is 6.20. The van der Waals surface area contributed by atoms with Gasteiger partial charge >= 0.3 is 0 Å². The van der Waals surface area contributed by atoms with Gasteiger partial charge in [-0.2, -0.15) is 0 Å². The first-order chi connectivity index (χ1) is 8.03. The maximum absolute atomic E-state index is 3.55. The van der Waals surface area contributed by atoms with E-state index in [-0.39, 0.29) is 0 Å². The monoisotopic (exact) mass is 251 g/mol. The first-order valence-corrected chi connectivity index (χ1v) is 7.63. The van der Waals surface area contributed by atoms with Crippen molar-refractivity contribution in [3.05, 3.63) is 21.9 Å². The summed E-state index contributed by atoms with van der Waals surface area (Å²) in [5, 5.41) is 5.77. The Balaban J connectivity index is 2.08. The van der Waals surface area contributed by atoms with Gasteiger partial charge in [0.05, 0.1) is 0 Å². The predicted octanol–water partition coefficient (Wildman–Crippen LogP) is 4.53. The first kappa shape index (κ1) is 13.1. The van der Waals surface area contributed by atoms with Crippen LogP contribution in [0.4, 0.5) is 0 Å². The van der Waals surface area contributed by atoms with Crippen LogP contribution >= 0.6 is 11.3 Å². The molecule has 1 aromatic heterocycles. The molecule has 1 aliphatic rings. The molecule has 1 saturated carbocycles. The van der Waals surface area contributed by atoms with Crippen LogP contribution in [0, 0.1) is 18.3 Å². The zero-order valence-corrected chi connectivity index (χ0v) is 12.4. The van der Waals surface area contributed by atoms with Crippen molar-refractivity contribution in [3.63, 3.8) is 0 Å². The lowest BCUT2D eigenvalue weighted by atomic mass is 9.70. The minimum absolute atomic E-state index is 0.567. The molecule has 0 amide bonds. The molecule has 1 unspecified atom stereocenters. The van der Waals surface area contributed by atoms with Gasteiger partial charge in [0.1, 0.15) is 0 Å². The quantitative estimate of drug-likeness (QED) is 0.832. The highest BCUT2D eigenvalue weighted by molar-refractivity contribution is 7.10. The van der Waals surface area contributed by atoms with Crippen molar-refractivity contribution in [1.29, 1.82) is 0 Å². The van der Waals surface area contributed by atoms with Crippen molar-refractivity contribution in [2.75, 3.05) is 7.05 Å². The van der Waals surface area contributed by atoms with Crippen molar-refractivity contribution >= 4 is 11.3 Å². The third-order valence-corrected chi connectivity index (χ3v) is 5.26. The normalized spacial score (nSPS) is 22.6. The molecule has 1 aliphatic carbocycles. The maximum Gasteiger partial charge on any atom is 0.0357 e. The number of thiophene rings is 1. The summed E-state index contributed by atoms with van der Waals surface area (Å²) in [6, 6.07) is 2.87. The Kier molecular flexibility index (Phi) is 3.94. The second-order valence-corrected chi connectivity index (χ2v) is 7.32. The van der Waals surface area contributed by atoms with Crippen molar-refractivity contribution < 1.29 is 0 Å². The van der Waals surface area contributed by atoms with Crippen molar-refractivity contribution in [1.82, 2.24) is 5.32 Å². The molecule has 0 bridgehead atoms. The van der Waals surface area contributed by atoms with Gasteiger partial charge in [-0.1, -0.05) is 13.8 Å². The maximum atomic E-state index is 3.55. The Morgan fingerprint density at radius 1 is 1.35 bits per heavy atom. The zero-order chi connectivity index (χ0) is 12.5. The molecule has 1 fully saturated rings. The molecule has 1 N–H and O–H groups in total. The Bertz CT molecular complexity index is 357. The molecule has 0 aliphatic heterocycles. The minimum Gasteiger partial charge on any atom is -0.313 e. The summed E-state index contributed by atoms with van der Waals surface area (Å²) in [5.74, 6) is 0.821. The summed E-state index contributed by atoms with van der Waals surface area (Å²) in [6.07, 6.45) is 5.49. The molecule has 0 aromatic carbocycles. The Morgan fingerprint density at radius 3 is 2.47 bits per heavy atom. The summed E-state index contributed by atoms with van der Waals surface area (Å²) < 4.78 is 0. The molecular formula is C15H25NS. The fourth-order valence-corrected chi connectivity index (χ4v) is 3.87. The van der Waals surface area contributed by atoms with Gasteiger partial charge in [-0.15, -0.1) is 11.3 Å². The minimum atomic E-state index is 0.567. The standard InChI is InChI=1S/C15H25NS/c1-11-13(7-10-17-11)14(16-4)12-5-8-15(2,3)9-6-12/h7,10,12,14,16H,5-6,8-9H2,1-4H3. The molecular weight excluding hydrogens is 226 g/mol. The molecule has 1 heterocycles. The number of nitrogens with one attached hydrogen (secondary N) is 1. The SMILES string of the molecule is CNC(c1ccsc1C)C1CCC(C)(C)CC1. The van der Waals surface area contributed by atoms with Crippen LogP contribution in [0.1, 0.15) is 56.0 Å². The van der Waals surface area contributed by atoms with Crippen molar-refractivity contribution in [3.8, 4) is 0 Å².